The van der Waals surface area contributed by atoms with E-state index in [2.05, 4.69) is 10.6 Å². The summed E-state index contributed by atoms with van der Waals surface area (Å²) in [6.45, 7) is 5.52. The SMILES string of the molecule is CCNC(=O)C(C)(C)NC(=O)c1ccc(F)cc1. The van der Waals surface area contributed by atoms with Crippen molar-refractivity contribution in [2.24, 2.45) is 0 Å². The Balaban J connectivity index is 2.75. The molecule has 0 aliphatic rings. The summed E-state index contributed by atoms with van der Waals surface area (Å²) >= 11 is 0. The average Bonchev–Trinajstić information content (AvgIpc) is 2.29. The molecule has 2 N–H and O–H groups in total. The second-order valence-electron chi connectivity index (χ2n) is 4.45. The normalized spacial score (nSPS) is 10.9. The predicted octanol–water partition coefficient (Wildman–Crippen LogP) is 1.47. The summed E-state index contributed by atoms with van der Waals surface area (Å²) in [4.78, 5) is 23.6. The van der Waals surface area contributed by atoms with Crippen LogP contribution in [0, 0.1) is 5.82 Å². The van der Waals surface area contributed by atoms with Crippen molar-refractivity contribution in [1.29, 1.82) is 0 Å². The molecule has 0 atom stereocenters. The monoisotopic (exact) mass is 252 g/mol. The third-order valence-corrected chi connectivity index (χ3v) is 2.44. The van der Waals surface area contributed by atoms with Gasteiger partial charge in [-0.1, -0.05) is 0 Å². The number of likely N-dealkylation sites (N-methyl/N-ethyl adjacent to an activating group) is 1. The lowest BCUT2D eigenvalue weighted by molar-refractivity contribution is -0.126. The third-order valence-electron chi connectivity index (χ3n) is 2.44. The highest BCUT2D eigenvalue weighted by Crippen LogP contribution is 2.07. The van der Waals surface area contributed by atoms with Gasteiger partial charge in [-0.25, -0.2) is 4.39 Å². The van der Waals surface area contributed by atoms with Gasteiger partial charge in [0.05, 0.1) is 0 Å². The van der Waals surface area contributed by atoms with Crippen molar-refractivity contribution in [1.82, 2.24) is 10.6 Å². The van der Waals surface area contributed by atoms with Crippen LogP contribution in [0.1, 0.15) is 31.1 Å². The Morgan fingerprint density at radius 1 is 1.22 bits per heavy atom. The Hall–Kier alpha value is -1.91. The van der Waals surface area contributed by atoms with Gasteiger partial charge in [0.15, 0.2) is 0 Å². The molecule has 0 aliphatic carbocycles. The van der Waals surface area contributed by atoms with Crippen LogP contribution in [0.5, 0.6) is 0 Å². The molecule has 0 saturated carbocycles. The first-order valence-corrected chi connectivity index (χ1v) is 5.73. The number of rotatable bonds is 4. The number of halogens is 1. The first kappa shape index (κ1) is 14.2. The smallest absolute Gasteiger partial charge is 0.252 e. The predicted molar refractivity (Wildman–Crippen MR) is 66.6 cm³/mol. The van der Waals surface area contributed by atoms with Gasteiger partial charge in [-0.15, -0.1) is 0 Å². The highest BCUT2D eigenvalue weighted by molar-refractivity contribution is 5.98. The summed E-state index contributed by atoms with van der Waals surface area (Å²) in [6.07, 6.45) is 0. The molecule has 4 nitrogen and oxygen atoms in total. The fraction of sp³-hybridized carbons (Fsp3) is 0.385. The molecule has 1 rings (SSSR count). The van der Waals surface area contributed by atoms with E-state index in [0.717, 1.165) is 0 Å². The topological polar surface area (TPSA) is 58.2 Å². The van der Waals surface area contributed by atoms with E-state index in [0.29, 0.717) is 12.1 Å². The molecule has 0 radical (unpaired) electrons. The van der Waals surface area contributed by atoms with Crippen molar-refractivity contribution in [3.8, 4) is 0 Å². The number of amides is 2. The highest BCUT2D eigenvalue weighted by Gasteiger charge is 2.29. The minimum atomic E-state index is -1.01. The van der Waals surface area contributed by atoms with E-state index in [9.17, 15) is 14.0 Å². The molecule has 2 amide bonds. The molecule has 0 heterocycles. The number of benzene rings is 1. The maximum Gasteiger partial charge on any atom is 0.252 e. The molecular formula is C13H17FN2O2. The number of hydrogen-bond donors (Lipinski definition) is 2. The molecule has 0 aliphatic heterocycles. The van der Waals surface area contributed by atoms with Gasteiger partial charge in [-0.3, -0.25) is 9.59 Å². The summed E-state index contributed by atoms with van der Waals surface area (Å²) in [5.74, 6) is -1.08. The lowest BCUT2D eigenvalue weighted by Gasteiger charge is -2.24. The van der Waals surface area contributed by atoms with Gasteiger partial charge >= 0.3 is 0 Å². The van der Waals surface area contributed by atoms with Crippen LogP contribution < -0.4 is 10.6 Å². The summed E-state index contributed by atoms with van der Waals surface area (Å²) < 4.78 is 12.7. The number of hydrogen-bond acceptors (Lipinski definition) is 2. The van der Waals surface area contributed by atoms with Crippen LogP contribution in [0.15, 0.2) is 24.3 Å². The zero-order chi connectivity index (χ0) is 13.8. The third kappa shape index (κ3) is 3.55. The van der Waals surface area contributed by atoms with Crippen molar-refractivity contribution >= 4 is 11.8 Å². The van der Waals surface area contributed by atoms with E-state index in [1.807, 2.05) is 0 Å². The van der Waals surface area contributed by atoms with E-state index < -0.39 is 17.3 Å². The Kier molecular flexibility index (Phi) is 4.42. The Morgan fingerprint density at radius 3 is 2.28 bits per heavy atom. The number of carbonyl (C=O) groups is 2. The molecule has 0 spiro atoms. The molecule has 0 aromatic heterocycles. The van der Waals surface area contributed by atoms with Crippen LogP contribution in [-0.4, -0.2) is 23.9 Å². The van der Waals surface area contributed by atoms with E-state index >= 15 is 0 Å². The van der Waals surface area contributed by atoms with Gasteiger partial charge in [0.25, 0.3) is 5.91 Å². The molecule has 5 heteroatoms. The molecule has 0 saturated heterocycles. The van der Waals surface area contributed by atoms with Gasteiger partial charge in [0.1, 0.15) is 11.4 Å². The van der Waals surface area contributed by atoms with Gasteiger partial charge in [0, 0.05) is 12.1 Å². The van der Waals surface area contributed by atoms with Crippen molar-refractivity contribution in [2.45, 2.75) is 26.3 Å². The van der Waals surface area contributed by atoms with Gasteiger partial charge < -0.3 is 10.6 Å². The van der Waals surface area contributed by atoms with E-state index in [1.165, 1.54) is 24.3 Å². The van der Waals surface area contributed by atoms with Crippen LogP contribution in [0.4, 0.5) is 4.39 Å². The first-order chi connectivity index (χ1) is 8.36. The standard InChI is InChI=1S/C13H17FN2O2/c1-4-15-12(18)13(2,3)16-11(17)9-5-7-10(14)8-6-9/h5-8H,4H2,1-3H3,(H,15,18)(H,16,17). The van der Waals surface area contributed by atoms with E-state index in [4.69, 9.17) is 0 Å². The van der Waals surface area contributed by atoms with Gasteiger partial charge in [-0.2, -0.15) is 0 Å². The molecule has 1 aromatic carbocycles. The Labute approximate surface area is 106 Å². The zero-order valence-corrected chi connectivity index (χ0v) is 10.7. The van der Waals surface area contributed by atoms with Crippen LogP contribution >= 0.6 is 0 Å². The van der Waals surface area contributed by atoms with Crippen LogP contribution in [-0.2, 0) is 4.79 Å². The maximum atomic E-state index is 12.7. The fourth-order valence-electron chi connectivity index (χ4n) is 1.40. The minimum absolute atomic E-state index is 0.263. The quantitative estimate of drug-likeness (QED) is 0.852. The summed E-state index contributed by atoms with van der Waals surface area (Å²) in [7, 11) is 0. The minimum Gasteiger partial charge on any atom is -0.354 e. The van der Waals surface area contributed by atoms with E-state index in [-0.39, 0.29) is 5.91 Å². The second kappa shape index (κ2) is 5.62. The van der Waals surface area contributed by atoms with Crippen molar-refractivity contribution in [3.63, 3.8) is 0 Å². The zero-order valence-electron chi connectivity index (χ0n) is 10.7. The second-order valence-corrected chi connectivity index (χ2v) is 4.45. The largest absolute Gasteiger partial charge is 0.354 e. The van der Waals surface area contributed by atoms with Crippen LogP contribution in [0.3, 0.4) is 0 Å². The Morgan fingerprint density at radius 2 is 1.78 bits per heavy atom. The lowest BCUT2D eigenvalue weighted by atomic mass is 10.0. The Bertz CT molecular complexity index is 441. The molecule has 18 heavy (non-hydrogen) atoms. The maximum absolute atomic E-state index is 12.7. The molecule has 0 unspecified atom stereocenters. The van der Waals surface area contributed by atoms with Crippen molar-refractivity contribution in [3.05, 3.63) is 35.6 Å². The lowest BCUT2D eigenvalue weighted by Crippen LogP contribution is -2.54. The summed E-state index contributed by atoms with van der Waals surface area (Å²) in [5, 5.41) is 5.24. The molecule has 1 aromatic rings. The number of carbonyl (C=O) groups excluding carboxylic acids is 2. The van der Waals surface area contributed by atoms with Crippen LogP contribution in [0.2, 0.25) is 0 Å². The molecule has 0 fully saturated rings. The molecule has 98 valence electrons. The first-order valence-electron chi connectivity index (χ1n) is 5.73. The van der Waals surface area contributed by atoms with Crippen molar-refractivity contribution < 1.29 is 14.0 Å². The summed E-state index contributed by atoms with van der Waals surface area (Å²) in [6, 6.07) is 5.15. The van der Waals surface area contributed by atoms with E-state index in [1.54, 1.807) is 20.8 Å². The molecular weight excluding hydrogens is 235 g/mol. The van der Waals surface area contributed by atoms with Crippen molar-refractivity contribution in [2.75, 3.05) is 6.54 Å². The highest BCUT2D eigenvalue weighted by atomic mass is 19.1. The van der Waals surface area contributed by atoms with Gasteiger partial charge in [0.2, 0.25) is 5.91 Å². The number of nitrogens with one attached hydrogen (secondary N) is 2. The average molecular weight is 252 g/mol. The summed E-state index contributed by atoms with van der Waals surface area (Å²) in [5.41, 5.74) is -0.699. The van der Waals surface area contributed by atoms with Crippen LogP contribution in [0.25, 0.3) is 0 Å². The fourth-order valence-corrected chi connectivity index (χ4v) is 1.40. The molecule has 0 bridgehead atoms. The van der Waals surface area contributed by atoms with Gasteiger partial charge in [-0.05, 0) is 45.0 Å².